The first-order valence-electron chi connectivity index (χ1n) is 7.79. The molecule has 0 atom stereocenters. The molecular formula is C19H21N3. The highest BCUT2D eigenvalue weighted by atomic mass is 15.3. The first kappa shape index (κ1) is 14.6. The zero-order chi connectivity index (χ0) is 15.4. The van der Waals surface area contributed by atoms with Gasteiger partial charge in [-0.2, -0.15) is 5.26 Å². The third-order valence-electron chi connectivity index (χ3n) is 4.39. The van der Waals surface area contributed by atoms with Crippen LogP contribution < -0.4 is 4.90 Å². The first-order chi connectivity index (χ1) is 10.8. The van der Waals surface area contributed by atoms with E-state index in [0.29, 0.717) is 0 Å². The maximum Gasteiger partial charge on any atom is 0.101 e. The third kappa shape index (κ3) is 3.13. The smallest absolute Gasteiger partial charge is 0.101 e. The maximum atomic E-state index is 9.24. The zero-order valence-electron chi connectivity index (χ0n) is 13.0. The molecule has 22 heavy (non-hydrogen) atoms. The average Bonchev–Trinajstić information content (AvgIpc) is 2.58. The summed E-state index contributed by atoms with van der Waals surface area (Å²) in [6.07, 6.45) is 0. The zero-order valence-corrected chi connectivity index (χ0v) is 13.0. The molecule has 112 valence electrons. The van der Waals surface area contributed by atoms with E-state index in [-0.39, 0.29) is 0 Å². The fourth-order valence-corrected chi connectivity index (χ4v) is 3.02. The number of benzene rings is 2. The van der Waals surface area contributed by atoms with Crippen LogP contribution in [0, 0.1) is 18.3 Å². The van der Waals surface area contributed by atoms with Crippen LogP contribution in [0.3, 0.4) is 0 Å². The Labute approximate surface area is 132 Å². The van der Waals surface area contributed by atoms with Gasteiger partial charge in [0.1, 0.15) is 6.07 Å². The van der Waals surface area contributed by atoms with Gasteiger partial charge in [-0.3, -0.25) is 4.90 Å². The molecule has 2 aromatic rings. The van der Waals surface area contributed by atoms with Crippen molar-refractivity contribution in [2.45, 2.75) is 13.5 Å². The Kier molecular flexibility index (Phi) is 4.41. The fourth-order valence-electron chi connectivity index (χ4n) is 3.02. The molecule has 1 aliphatic rings. The van der Waals surface area contributed by atoms with Crippen molar-refractivity contribution < 1.29 is 0 Å². The van der Waals surface area contributed by atoms with Crippen molar-refractivity contribution in [1.29, 1.82) is 5.26 Å². The second kappa shape index (κ2) is 6.64. The Balaban J connectivity index is 1.63. The van der Waals surface area contributed by atoms with Gasteiger partial charge in [-0.15, -0.1) is 0 Å². The lowest BCUT2D eigenvalue weighted by molar-refractivity contribution is 0.249. The molecule has 0 saturated carbocycles. The summed E-state index contributed by atoms with van der Waals surface area (Å²) in [7, 11) is 0. The molecule has 0 unspecified atom stereocenters. The van der Waals surface area contributed by atoms with E-state index in [0.717, 1.165) is 44.0 Å². The Morgan fingerprint density at radius 2 is 1.64 bits per heavy atom. The molecular weight excluding hydrogens is 270 g/mol. The number of aryl methyl sites for hydroxylation is 1. The molecule has 3 rings (SSSR count). The summed E-state index contributed by atoms with van der Waals surface area (Å²) in [5.41, 5.74) is 4.61. The van der Waals surface area contributed by atoms with Crippen LogP contribution in [-0.4, -0.2) is 31.1 Å². The summed E-state index contributed by atoms with van der Waals surface area (Å²) in [5.74, 6) is 0. The molecule has 2 aromatic carbocycles. The van der Waals surface area contributed by atoms with Crippen LogP contribution in [0.15, 0.2) is 48.5 Å². The predicted octanol–water partition coefficient (Wildman–Crippen LogP) is 3.19. The van der Waals surface area contributed by atoms with Crippen molar-refractivity contribution in [2.75, 3.05) is 31.1 Å². The van der Waals surface area contributed by atoms with Crippen LogP contribution in [0.4, 0.5) is 5.69 Å². The second-order valence-electron chi connectivity index (χ2n) is 5.82. The number of anilines is 1. The number of rotatable bonds is 3. The highest BCUT2D eigenvalue weighted by Gasteiger charge is 2.19. The number of nitrogens with zero attached hydrogens (tertiary/aromatic N) is 3. The Hall–Kier alpha value is -2.31. The Morgan fingerprint density at radius 3 is 2.36 bits per heavy atom. The normalized spacial score (nSPS) is 15.5. The molecule has 1 saturated heterocycles. The van der Waals surface area contributed by atoms with E-state index in [1.807, 2.05) is 18.2 Å². The molecule has 1 fully saturated rings. The fraction of sp³-hybridized carbons (Fsp3) is 0.316. The number of nitriles is 1. The van der Waals surface area contributed by atoms with E-state index in [1.54, 1.807) is 0 Å². The van der Waals surface area contributed by atoms with E-state index in [1.165, 1.54) is 11.1 Å². The van der Waals surface area contributed by atoms with E-state index >= 15 is 0 Å². The van der Waals surface area contributed by atoms with Crippen LogP contribution >= 0.6 is 0 Å². The molecule has 1 aliphatic heterocycles. The largest absolute Gasteiger partial charge is 0.368 e. The minimum Gasteiger partial charge on any atom is -0.368 e. The minimum absolute atomic E-state index is 0.773. The summed E-state index contributed by atoms with van der Waals surface area (Å²) in [6.45, 7) is 7.21. The van der Waals surface area contributed by atoms with Gasteiger partial charge >= 0.3 is 0 Å². The van der Waals surface area contributed by atoms with Gasteiger partial charge < -0.3 is 4.90 Å². The first-order valence-corrected chi connectivity index (χ1v) is 7.79. The van der Waals surface area contributed by atoms with Crippen molar-refractivity contribution in [3.63, 3.8) is 0 Å². The van der Waals surface area contributed by atoms with E-state index in [2.05, 4.69) is 53.1 Å². The number of hydrogen-bond donors (Lipinski definition) is 0. The van der Waals surface area contributed by atoms with Crippen LogP contribution in [0.2, 0.25) is 0 Å². The molecule has 3 nitrogen and oxygen atoms in total. The van der Waals surface area contributed by atoms with E-state index < -0.39 is 0 Å². The lowest BCUT2D eigenvalue weighted by Gasteiger charge is -2.36. The van der Waals surface area contributed by atoms with Crippen molar-refractivity contribution in [3.8, 4) is 6.07 Å². The van der Waals surface area contributed by atoms with Crippen LogP contribution in [0.5, 0.6) is 0 Å². The molecule has 0 amide bonds. The summed E-state index contributed by atoms with van der Waals surface area (Å²) in [4.78, 5) is 4.82. The summed E-state index contributed by atoms with van der Waals surface area (Å²) >= 11 is 0. The molecule has 0 spiro atoms. The SMILES string of the molecule is Cc1ccccc1CN1CCN(c2ccccc2C#N)CC1. The van der Waals surface area contributed by atoms with E-state index in [9.17, 15) is 5.26 Å². The van der Waals surface area contributed by atoms with E-state index in [4.69, 9.17) is 0 Å². The number of hydrogen-bond acceptors (Lipinski definition) is 3. The molecule has 3 heteroatoms. The lowest BCUT2D eigenvalue weighted by Crippen LogP contribution is -2.46. The predicted molar refractivity (Wildman–Crippen MR) is 89.8 cm³/mol. The van der Waals surface area contributed by atoms with Crippen molar-refractivity contribution in [2.24, 2.45) is 0 Å². The van der Waals surface area contributed by atoms with Crippen LogP contribution in [0.1, 0.15) is 16.7 Å². The second-order valence-corrected chi connectivity index (χ2v) is 5.82. The molecule has 0 radical (unpaired) electrons. The van der Waals surface area contributed by atoms with Crippen LogP contribution in [-0.2, 0) is 6.54 Å². The van der Waals surface area contributed by atoms with Gasteiger partial charge in [0.05, 0.1) is 11.3 Å². The summed E-state index contributed by atoms with van der Waals surface area (Å²) < 4.78 is 0. The Morgan fingerprint density at radius 1 is 0.955 bits per heavy atom. The van der Waals surface area contributed by atoms with Crippen LogP contribution in [0.25, 0.3) is 0 Å². The quantitative estimate of drug-likeness (QED) is 0.870. The highest BCUT2D eigenvalue weighted by Crippen LogP contribution is 2.21. The van der Waals surface area contributed by atoms with Gasteiger partial charge in [-0.25, -0.2) is 0 Å². The van der Waals surface area contributed by atoms with Gasteiger partial charge in [0, 0.05) is 32.7 Å². The van der Waals surface area contributed by atoms with Crippen molar-refractivity contribution in [3.05, 3.63) is 65.2 Å². The molecule has 0 aliphatic carbocycles. The summed E-state index contributed by atoms with van der Waals surface area (Å²) in [5, 5.41) is 9.24. The minimum atomic E-state index is 0.773. The van der Waals surface area contributed by atoms with Gasteiger partial charge in [0.15, 0.2) is 0 Å². The number of para-hydroxylation sites is 1. The molecule has 0 aromatic heterocycles. The van der Waals surface area contributed by atoms with Crippen molar-refractivity contribution in [1.82, 2.24) is 4.90 Å². The lowest BCUT2D eigenvalue weighted by atomic mass is 10.1. The molecule has 0 N–H and O–H groups in total. The topological polar surface area (TPSA) is 30.3 Å². The maximum absolute atomic E-state index is 9.24. The highest BCUT2D eigenvalue weighted by molar-refractivity contribution is 5.59. The average molecular weight is 291 g/mol. The summed E-state index contributed by atoms with van der Waals surface area (Å²) in [6, 6.07) is 18.8. The Bertz CT molecular complexity index is 679. The monoisotopic (exact) mass is 291 g/mol. The molecule has 0 bridgehead atoms. The number of piperazine rings is 1. The molecule has 1 heterocycles. The van der Waals surface area contributed by atoms with Gasteiger partial charge in [-0.1, -0.05) is 36.4 Å². The van der Waals surface area contributed by atoms with Gasteiger partial charge in [0.25, 0.3) is 0 Å². The van der Waals surface area contributed by atoms with Gasteiger partial charge in [0.2, 0.25) is 0 Å². The third-order valence-corrected chi connectivity index (χ3v) is 4.39. The van der Waals surface area contributed by atoms with Gasteiger partial charge in [-0.05, 0) is 30.2 Å². The standard InChI is InChI=1S/C19H21N3/c1-16-6-2-3-8-18(16)15-21-10-12-22(13-11-21)19-9-5-4-7-17(19)14-20/h2-9H,10-13,15H2,1H3. The van der Waals surface area contributed by atoms with Crippen molar-refractivity contribution >= 4 is 5.69 Å².